The number of nitrogens with one attached hydrogen (secondary N) is 2. The molecular weight excluding hydrogens is 378 g/mol. The second-order valence-electron chi connectivity index (χ2n) is 6.15. The third kappa shape index (κ3) is 4.65. The van der Waals surface area contributed by atoms with Crippen LogP contribution >= 0.6 is 0 Å². The van der Waals surface area contributed by atoms with Crippen LogP contribution in [0.2, 0.25) is 0 Å². The molecule has 0 saturated heterocycles. The normalized spacial score (nSPS) is 11.3. The summed E-state index contributed by atoms with van der Waals surface area (Å²) in [4.78, 5) is 12.6. The largest absolute Gasteiger partial charge is 0.378 e. The van der Waals surface area contributed by atoms with Crippen LogP contribution in [0.4, 0.5) is 5.82 Å². The molecule has 0 bridgehead atoms. The Morgan fingerprint density at radius 3 is 2.36 bits per heavy atom. The van der Waals surface area contributed by atoms with Crippen molar-refractivity contribution in [1.82, 2.24) is 10.2 Å². The first-order chi connectivity index (χ1) is 13.5. The number of H-pyrrole nitrogens is 1. The Bertz CT molecular complexity index is 1030. The maximum absolute atomic E-state index is 12.4. The number of sulfone groups is 1. The van der Waals surface area contributed by atoms with Crippen molar-refractivity contribution in [2.75, 3.05) is 18.2 Å². The van der Waals surface area contributed by atoms with E-state index in [4.69, 9.17) is 4.74 Å². The third-order valence-corrected chi connectivity index (χ3v) is 5.88. The molecule has 2 N–H and O–H groups in total. The maximum Gasteiger partial charge on any atom is 0.226 e. The number of carbonyl (C=O) groups is 1. The number of nitrogens with zero attached hydrogens (tertiary/aromatic N) is 1. The number of rotatable bonds is 8. The molecular formula is C20H21N3O4S. The third-order valence-electron chi connectivity index (χ3n) is 4.15. The SMILES string of the molecule is COCc1[nH]nc(NC(=O)CCS(=O)(=O)c2ccccc2)c1-c1ccccc1. The van der Waals surface area contributed by atoms with Crippen LogP contribution in [-0.4, -0.2) is 37.4 Å². The van der Waals surface area contributed by atoms with Crippen molar-refractivity contribution >= 4 is 21.6 Å². The van der Waals surface area contributed by atoms with Crippen LogP contribution in [-0.2, 0) is 26.0 Å². The fraction of sp³-hybridized carbons (Fsp3) is 0.200. The zero-order valence-electron chi connectivity index (χ0n) is 15.4. The highest BCUT2D eigenvalue weighted by molar-refractivity contribution is 7.91. The molecule has 0 fully saturated rings. The molecule has 0 atom stereocenters. The molecule has 0 aliphatic carbocycles. The first kappa shape index (κ1) is 19.8. The average Bonchev–Trinajstić information content (AvgIpc) is 3.10. The lowest BCUT2D eigenvalue weighted by Crippen LogP contribution is -2.18. The van der Waals surface area contributed by atoms with E-state index in [1.54, 1.807) is 25.3 Å². The van der Waals surface area contributed by atoms with Crippen molar-refractivity contribution in [1.29, 1.82) is 0 Å². The van der Waals surface area contributed by atoms with E-state index in [9.17, 15) is 13.2 Å². The molecule has 0 unspecified atom stereocenters. The summed E-state index contributed by atoms with van der Waals surface area (Å²) in [5, 5.41) is 9.75. The van der Waals surface area contributed by atoms with Crippen LogP contribution in [0.5, 0.6) is 0 Å². The second kappa shape index (κ2) is 8.81. The van der Waals surface area contributed by atoms with Gasteiger partial charge in [0.25, 0.3) is 0 Å². The Morgan fingerprint density at radius 2 is 1.71 bits per heavy atom. The van der Waals surface area contributed by atoms with Gasteiger partial charge in [0, 0.05) is 19.1 Å². The number of carbonyl (C=O) groups excluding carboxylic acids is 1. The van der Waals surface area contributed by atoms with Crippen molar-refractivity contribution in [3.05, 3.63) is 66.4 Å². The van der Waals surface area contributed by atoms with Gasteiger partial charge in [0.15, 0.2) is 15.7 Å². The number of aromatic nitrogens is 2. The average molecular weight is 399 g/mol. The van der Waals surface area contributed by atoms with Gasteiger partial charge < -0.3 is 10.1 Å². The summed E-state index contributed by atoms with van der Waals surface area (Å²) in [5.41, 5.74) is 2.32. The van der Waals surface area contributed by atoms with Crippen LogP contribution in [0.15, 0.2) is 65.6 Å². The number of anilines is 1. The smallest absolute Gasteiger partial charge is 0.226 e. The summed E-state index contributed by atoms with van der Waals surface area (Å²) in [6.45, 7) is 0.301. The van der Waals surface area contributed by atoms with E-state index in [1.165, 1.54) is 12.1 Å². The topological polar surface area (TPSA) is 101 Å². The van der Waals surface area contributed by atoms with Crippen LogP contribution in [0.25, 0.3) is 11.1 Å². The molecule has 3 rings (SSSR count). The molecule has 1 heterocycles. The Morgan fingerprint density at radius 1 is 1.07 bits per heavy atom. The Kier molecular flexibility index (Phi) is 6.23. The molecule has 0 radical (unpaired) electrons. The Balaban J connectivity index is 1.74. The van der Waals surface area contributed by atoms with Gasteiger partial charge >= 0.3 is 0 Å². The molecule has 0 spiro atoms. The predicted molar refractivity (Wildman–Crippen MR) is 106 cm³/mol. The van der Waals surface area contributed by atoms with Crippen LogP contribution in [0, 0.1) is 0 Å². The van der Waals surface area contributed by atoms with E-state index < -0.39 is 15.7 Å². The summed E-state index contributed by atoms with van der Waals surface area (Å²) in [7, 11) is -1.95. The van der Waals surface area contributed by atoms with Crippen LogP contribution < -0.4 is 5.32 Å². The van der Waals surface area contributed by atoms with Crippen molar-refractivity contribution in [2.24, 2.45) is 0 Å². The Labute approximate surface area is 163 Å². The first-order valence-corrected chi connectivity index (χ1v) is 10.4. The van der Waals surface area contributed by atoms with Gasteiger partial charge in [-0.05, 0) is 17.7 Å². The van der Waals surface area contributed by atoms with Crippen molar-refractivity contribution in [2.45, 2.75) is 17.9 Å². The van der Waals surface area contributed by atoms with E-state index in [1.807, 2.05) is 30.3 Å². The molecule has 28 heavy (non-hydrogen) atoms. The van der Waals surface area contributed by atoms with Crippen LogP contribution in [0.3, 0.4) is 0 Å². The van der Waals surface area contributed by atoms with Gasteiger partial charge in [-0.2, -0.15) is 5.10 Å². The molecule has 0 saturated carbocycles. The minimum Gasteiger partial charge on any atom is -0.378 e. The number of hydrogen-bond donors (Lipinski definition) is 2. The van der Waals surface area contributed by atoms with Crippen molar-refractivity contribution in [3.63, 3.8) is 0 Å². The molecule has 7 nitrogen and oxygen atoms in total. The minimum atomic E-state index is -3.52. The molecule has 146 valence electrons. The molecule has 1 aromatic heterocycles. The Hall–Kier alpha value is -2.97. The molecule has 0 aliphatic heterocycles. The monoisotopic (exact) mass is 399 g/mol. The van der Waals surface area contributed by atoms with Gasteiger partial charge in [0.1, 0.15) is 0 Å². The number of amides is 1. The summed E-state index contributed by atoms with van der Waals surface area (Å²) < 4.78 is 29.9. The highest BCUT2D eigenvalue weighted by Crippen LogP contribution is 2.30. The minimum absolute atomic E-state index is 0.169. The number of benzene rings is 2. The number of methoxy groups -OCH3 is 1. The maximum atomic E-state index is 12.4. The predicted octanol–water partition coefficient (Wildman–Crippen LogP) is 3.03. The zero-order valence-corrected chi connectivity index (χ0v) is 16.2. The molecule has 1 amide bonds. The summed E-state index contributed by atoms with van der Waals surface area (Å²) in [6.07, 6.45) is -0.169. The van der Waals surface area contributed by atoms with E-state index >= 15 is 0 Å². The quantitative estimate of drug-likeness (QED) is 0.606. The fourth-order valence-corrected chi connectivity index (χ4v) is 4.06. The molecule has 2 aromatic carbocycles. The van der Waals surface area contributed by atoms with E-state index in [-0.39, 0.29) is 17.1 Å². The fourth-order valence-electron chi connectivity index (χ4n) is 2.80. The van der Waals surface area contributed by atoms with Gasteiger partial charge in [-0.15, -0.1) is 0 Å². The van der Waals surface area contributed by atoms with E-state index in [0.29, 0.717) is 12.4 Å². The number of ether oxygens (including phenoxy) is 1. The lowest BCUT2D eigenvalue weighted by Gasteiger charge is -2.08. The van der Waals surface area contributed by atoms with E-state index in [0.717, 1.165) is 16.8 Å². The van der Waals surface area contributed by atoms with Crippen molar-refractivity contribution in [3.8, 4) is 11.1 Å². The van der Waals surface area contributed by atoms with Gasteiger partial charge in [-0.3, -0.25) is 9.89 Å². The van der Waals surface area contributed by atoms with Gasteiger partial charge in [0.2, 0.25) is 5.91 Å². The zero-order chi connectivity index (χ0) is 20.0. The summed E-state index contributed by atoms with van der Waals surface area (Å²) in [6, 6.07) is 17.6. The van der Waals surface area contributed by atoms with E-state index in [2.05, 4.69) is 15.5 Å². The highest BCUT2D eigenvalue weighted by Gasteiger charge is 2.20. The van der Waals surface area contributed by atoms with Gasteiger partial charge in [-0.25, -0.2) is 8.42 Å². The number of aromatic amines is 1. The molecule has 8 heteroatoms. The highest BCUT2D eigenvalue weighted by atomic mass is 32.2. The second-order valence-corrected chi connectivity index (χ2v) is 8.26. The van der Waals surface area contributed by atoms with Crippen molar-refractivity contribution < 1.29 is 17.9 Å². The lowest BCUT2D eigenvalue weighted by molar-refractivity contribution is -0.115. The first-order valence-electron chi connectivity index (χ1n) is 8.70. The molecule has 3 aromatic rings. The standard InChI is InChI=1S/C20H21N3O4S/c1-27-14-17-19(15-8-4-2-5-9-15)20(23-22-17)21-18(24)12-13-28(25,26)16-10-6-3-7-11-16/h2-11H,12-14H2,1H3,(H2,21,22,23,24). The summed E-state index contributed by atoms with van der Waals surface area (Å²) in [5.74, 6) is -0.355. The number of hydrogen-bond acceptors (Lipinski definition) is 5. The van der Waals surface area contributed by atoms with Crippen LogP contribution in [0.1, 0.15) is 12.1 Å². The summed E-state index contributed by atoms with van der Waals surface area (Å²) >= 11 is 0. The van der Waals surface area contributed by atoms with Gasteiger partial charge in [-0.1, -0.05) is 48.5 Å². The molecule has 0 aliphatic rings. The lowest BCUT2D eigenvalue weighted by atomic mass is 10.1. The van der Waals surface area contributed by atoms with Gasteiger partial charge in [0.05, 0.1) is 22.9 Å².